The number of benzene rings is 2. The van der Waals surface area contributed by atoms with Crippen LogP contribution in [-0.4, -0.2) is 57.6 Å². The molecular formula is C31H34N8O4. The predicted octanol–water partition coefficient (Wildman–Crippen LogP) is 4.99. The lowest BCUT2D eigenvalue weighted by molar-refractivity contribution is 0.391. The van der Waals surface area contributed by atoms with E-state index in [1.807, 2.05) is 57.2 Å². The third kappa shape index (κ3) is 5.31. The maximum Gasteiger partial charge on any atom is 0.234 e. The minimum atomic E-state index is 0.389. The highest BCUT2D eigenvalue weighted by molar-refractivity contribution is 5.95. The molecule has 1 aliphatic rings. The van der Waals surface area contributed by atoms with Crippen molar-refractivity contribution in [3.63, 3.8) is 0 Å². The summed E-state index contributed by atoms with van der Waals surface area (Å²) < 4.78 is 25.3. The third-order valence-electron chi connectivity index (χ3n) is 7.75. The second-order valence-electron chi connectivity index (χ2n) is 10.3. The maximum absolute atomic E-state index is 6.66. The number of nitrogens with zero attached hydrogens (tertiary/aromatic N) is 7. The molecule has 3 aromatic heterocycles. The molecule has 1 N–H and O–H groups in total. The van der Waals surface area contributed by atoms with Gasteiger partial charge in [-0.1, -0.05) is 6.07 Å². The SMILES string of the molecule is COc1ccc(CNc2ncnc3cc(N4CCn5c(C)nnc5C4)nc(Oc4c(C)ccc(OC)c4C)c23)c(OC)c1. The molecule has 0 fully saturated rings. The van der Waals surface area contributed by atoms with Crippen molar-refractivity contribution in [3.05, 3.63) is 71.1 Å². The van der Waals surface area contributed by atoms with Gasteiger partial charge in [-0.05, 0) is 44.5 Å². The molecule has 0 amide bonds. The minimum absolute atomic E-state index is 0.389. The summed E-state index contributed by atoms with van der Waals surface area (Å²) in [5.41, 5.74) is 3.46. The Balaban J connectivity index is 1.43. The first-order valence-corrected chi connectivity index (χ1v) is 14.0. The van der Waals surface area contributed by atoms with Gasteiger partial charge >= 0.3 is 0 Å². The molecule has 43 heavy (non-hydrogen) atoms. The highest BCUT2D eigenvalue weighted by atomic mass is 16.5. The van der Waals surface area contributed by atoms with E-state index in [-0.39, 0.29) is 0 Å². The lowest BCUT2D eigenvalue weighted by Crippen LogP contribution is -2.34. The van der Waals surface area contributed by atoms with Crippen LogP contribution in [0.3, 0.4) is 0 Å². The number of pyridine rings is 1. The molecule has 12 heteroatoms. The number of fused-ring (bicyclic) bond motifs is 2. The van der Waals surface area contributed by atoms with Crippen LogP contribution in [0.1, 0.15) is 28.3 Å². The Morgan fingerprint density at radius 1 is 0.884 bits per heavy atom. The molecule has 2 aromatic carbocycles. The number of hydrogen-bond acceptors (Lipinski definition) is 11. The maximum atomic E-state index is 6.66. The van der Waals surface area contributed by atoms with E-state index < -0.39 is 0 Å². The Morgan fingerprint density at radius 3 is 2.51 bits per heavy atom. The van der Waals surface area contributed by atoms with Crippen molar-refractivity contribution < 1.29 is 18.9 Å². The summed E-state index contributed by atoms with van der Waals surface area (Å²) >= 11 is 0. The first-order chi connectivity index (χ1) is 20.9. The van der Waals surface area contributed by atoms with Crippen LogP contribution in [0.4, 0.5) is 11.6 Å². The van der Waals surface area contributed by atoms with Gasteiger partial charge in [0.2, 0.25) is 5.88 Å². The lowest BCUT2D eigenvalue weighted by Gasteiger charge is -2.29. The van der Waals surface area contributed by atoms with E-state index in [2.05, 4.69) is 34.9 Å². The first kappa shape index (κ1) is 28.0. The number of hydrogen-bond donors (Lipinski definition) is 1. The number of methoxy groups -OCH3 is 3. The number of anilines is 2. The lowest BCUT2D eigenvalue weighted by atomic mass is 10.1. The minimum Gasteiger partial charge on any atom is -0.497 e. The average Bonchev–Trinajstić information content (AvgIpc) is 3.41. The molecule has 4 heterocycles. The summed E-state index contributed by atoms with van der Waals surface area (Å²) in [7, 11) is 4.92. The number of rotatable bonds is 9. The molecule has 0 unspecified atom stereocenters. The van der Waals surface area contributed by atoms with Crippen LogP contribution in [0.15, 0.2) is 42.7 Å². The van der Waals surface area contributed by atoms with E-state index in [1.165, 1.54) is 0 Å². The van der Waals surface area contributed by atoms with Crippen LogP contribution in [0.5, 0.6) is 28.9 Å². The quantitative estimate of drug-likeness (QED) is 0.253. The van der Waals surface area contributed by atoms with Gasteiger partial charge in [-0.15, -0.1) is 10.2 Å². The monoisotopic (exact) mass is 582 g/mol. The van der Waals surface area contributed by atoms with Gasteiger partial charge in [-0.2, -0.15) is 4.98 Å². The summed E-state index contributed by atoms with van der Waals surface area (Å²) in [4.78, 5) is 16.5. The largest absolute Gasteiger partial charge is 0.497 e. The van der Waals surface area contributed by atoms with Gasteiger partial charge in [0.25, 0.3) is 0 Å². The molecule has 0 atom stereocenters. The van der Waals surface area contributed by atoms with Gasteiger partial charge in [0.1, 0.15) is 52.2 Å². The standard InChI is InChI=1S/C31H34N8O4/c1-18-7-10-24(41-5)19(2)29(18)43-31-28-23(14-26(35-31)38-11-12-39-20(3)36-37-27(39)16-38)33-17-34-30(28)32-15-21-8-9-22(40-4)13-25(21)42-6/h7-10,13-14,17H,11-12,15-16H2,1-6H3,(H,32,33,34). The zero-order valence-corrected chi connectivity index (χ0v) is 25.1. The fourth-order valence-corrected chi connectivity index (χ4v) is 5.36. The van der Waals surface area contributed by atoms with Gasteiger partial charge in [0.15, 0.2) is 5.82 Å². The van der Waals surface area contributed by atoms with Crippen molar-refractivity contribution in [3.8, 4) is 28.9 Å². The van der Waals surface area contributed by atoms with Crippen molar-refractivity contribution in [2.75, 3.05) is 38.1 Å². The molecule has 0 aliphatic carbocycles. The van der Waals surface area contributed by atoms with Crippen LogP contribution in [-0.2, 0) is 19.6 Å². The zero-order valence-electron chi connectivity index (χ0n) is 25.1. The molecular weight excluding hydrogens is 548 g/mol. The average molecular weight is 583 g/mol. The molecule has 0 bridgehead atoms. The van der Waals surface area contributed by atoms with Gasteiger partial charge in [0, 0.05) is 42.9 Å². The molecule has 0 spiro atoms. The van der Waals surface area contributed by atoms with E-state index in [1.54, 1.807) is 27.7 Å². The van der Waals surface area contributed by atoms with Crippen LogP contribution in [0.2, 0.25) is 0 Å². The van der Waals surface area contributed by atoms with E-state index >= 15 is 0 Å². The predicted molar refractivity (Wildman–Crippen MR) is 163 cm³/mol. The molecule has 222 valence electrons. The molecule has 0 saturated carbocycles. The Hall–Kier alpha value is -5.13. The third-order valence-corrected chi connectivity index (χ3v) is 7.75. The number of aromatic nitrogens is 6. The zero-order chi connectivity index (χ0) is 30.1. The normalized spacial score (nSPS) is 12.7. The van der Waals surface area contributed by atoms with Crippen molar-refractivity contribution in [2.24, 2.45) is 0 Å². The van der Waals surface area contributed by atoms with Crippen molar-refractivity contribution in [1.82, 2.24) is 29.7 Å². The highest BCUT2D eigenvalue weighted by Crippen LogP contribution is 2.39. The molecule has 0 saturated heterocycles. The first-order valence-electron chi connectivity index (χ1n) is 14.0. The van der Waals surface area contributed by atoms with Crippen LogP contribution < -0.4 is 29.2 Å². The fraction of sp³-hybridized carbons (Fsp3) is 0.323. The van der Waals surface area contributed by atoms with Gasteiger partial charge < -0.3 is 33.7 Å². The van der Waals surface area contributed by atoms with Gasteiger partial charge in [-0.3, -0.25) is 0 Å². The van der Waals surface area contributed by atoms with Crippen molar-refractivity contribution in [2.45, 2.75) is 40.4 Å². The van der Waals surface area contributed by atoms with Crippen molar-refractivity contribution in [1.29, 1.82) is 0 Å². The van der Waals surface area contributed by atoms with Gasteiger partial charge in [0.05, 0.1) is 33.4 Å². The Kier molecular flexibility index (Phi) is 7.58. The molecule has 0 radical (unpaired) electrons. The second-order valence-corrected chi connectivity index (χ2v) is 10.3. The second kappa shape index (κ2) is 11.6. The Bertz CT molecular complexity index is 1810. The Labute approximate surface area is 249 Å². The topological polar surface area (TPSA) is 122 Å². The molecule has 1 aliphatic heterocycles. The van der Waals surface area contributed by atoms with Crippen LogP contribution in [0.25, 0.3) is 10.9 Å². The Morgan fingerprint density at radius 2 is 1.72 bits per heavy atom. The number of aryl methyl sites for hydroxylation is 2. The van der Waals surface area contributed by atoms with E-state index in [4.69, 9.17) is 23.9 Å². The number of nitrogens with one attached hydrogen (secondary N) is 1. The van der Waals surface area contributed by atoms with E-state index in [9.17, 15) is 0 Å². The van der Waals surface area contributed by atoms with E-state index in [0.717, 1.165) is 58.7 Å². The smallest absolute Gasteiger partial charge is 0.234 e. The highest BCUT2D eigenvalue weighted by Gasteiger charge is 2.24. The van der Waals surface area contributed by atoms with E-state index in [0.29, 0.717) is 47.2 Å². The molecule has 5 aromatic rings. The molecule has 12 nitrogen and oxygen atoms in total. The number of ether oxygens (including phenoxy) is 4. The van der Waals surface area contributed by atoms with Crippen LogP contribution in [0, 0.1) is 20.8 Å². The summed E-state index contributed by atoms with van der Waals surface area (Å²) in [6.45, 7) is 8.46. The summed E-state index contributed by atoms with van der Waals surface area (Å²) in [5, 5.41) is 12.7. The summed E-state index contributed by atoms with van der Waals surface area (Å²) in [5.74, 6) is 6.34. The summed E-state index contributed by atoms with van der Waals surface area (Å²) in [6.07, 6.45) is 1.54. The molecule has 6 rings (SSSR count). The van der Waals surface area contributed by atoms with Crippen molar-refractivity contribution >= 4 is 22.5 Å². The van der Waals surface area contributed by atoms with Crippen LogP contribution >= 0.6 is 0 Å². The van der Waals surface area contributed by atoms with Gasteiger partial charge in [-0.25, -0.2) is 9.97 Å². The summed E-state index contributed by atoms with van der Waals surface area (Å²) in [6, 6.07) is 11.6. The fourth-order valence-electron chi connectivity index (χ4n) is 5.36.